The number of likely N-dealkylation sites (tertiary alicyclic amines) is 1. The molecule has 0 aliphatic carbocycles. The molecule has 1 atom stereocenters. The molecule has 0 radical (unpaired) electrons. The molecule has 0 bridgehead atoms. The standard InChI is InChI=1S/C29H41N5.CH3NO/c1-4-6-26(5-2)27-19-23(3)29(31-21-27)34-17-15-33(16-18-34)28-11-13-32(14-12-28)22-25-9-7-24(20-30)8-10-25;2-1-3/h7-10,19,21,26,28H,4-6,11-18,22H2,1-3H3;1H,(H2,2,3). The molecule has 37 heavy (non-hydrogen) atoms. The molecule has 1 aromatic heterocycles. The molecule has 1 unspecified atom stereocenters. The van der Waals surface area contributed by atoms with E-state index in [1.165, 1.54) is 54.6 Å². The molecule has 0 spiro atoms. The zero-order valence-corrected chi connectivity index (χ0v) is 22.9. The van der Waals surface area contributed by atoms with E-state index in [1.807, 2.05) is 12.1 Å². The fraction of sp³-hybridized carbons (Fsp3) is 0.567. The topological polar surface area (TPSA) is 89.5 Å². The van der Waals surface area contributed by atoms with Crippen molar-refractivity contribution in [2.75, 3.05) is 44.2 Å². The normalized spacial score (nSPS) is 17.9. The zero-order chi connectivity index (χ0) is 26.6. The maximum atomic E-state index is 8.98. The summed E-state index contributed by atoms with van der Waals surface area (Å²) in [5.74, 6) is 1.83. The van der Waals surface area contributed by atoms with Crippen LogP contribution in [0.25, 0.3) is 0 Å². The second-order valence-electron chi connectivity index (χ2n) is 10.3. The maximum absolute atomic E-state index is 8.98. The molecule has 200 valence electrons. The number of anilines is 1. The number of rotatable bonds is 8. The van der Waals surface area contributed by atoms with Gasteiger partial charge in [-0.25, -0.2) is 4.98 Å². The number of hydrogen-bond acceptors (Lipinski definition) is 6. The number of nitrogens with zero attached hydrogens (tertiary/aromatic N) is 5. The van der Waals surface area contributed by atoms with Crippen molar-refractivity contribution in [1.29, 1.82) is 5.26 Å². The quantitative estimate of drug-likeness (QED) is 0.535. The number of piperidine rings is 1. The van der Waals surface area contributed by atoms with Gasteiger partial charge in [0.15, 0.2) is 0 Å². The van der Waals surface area contributed by atoms with Gasteiger partial charge in [-0.3, -0.25) is 14.6 Å². The number of nitriles is 1. The highest BCUT2D eigenvalue weighted by Crippen LogP contribution is 2.29. The predicted octanol–water partition coefficient (Wildman–Crippen LogP) is 4.44. The number of nitrogens with two attached hydrogens (primary N) is 1. The van der Waals surface area contributed by atoms with E-state index in [-0.39, 0.29) is 6.41 Å². The van der Waals surface area contributed by atoms with Crippen LogP contribution in [-0.4, -0.2) is 66.5 Å². The monoisotopic (exact) mass is 504 g/mol. The molecule has 2 saturated heterocycles. The molecule has 4 rings (SSSR count). The van der Waals surface area contributed by atoms with Gasteiger partial charge in [-0.05, 0) is 80.4 Å². The predicted molar refractivity (Wildman–Crippen MR) is 150 cm³/mol. The average molecular weight is 505 g/mol. The number of hydrogen-bond donors (Lipinski definition) is 1. The summed E-state index contributed by atoms with van der Waals surface area (Å²) in [7, 11) is 0. The summed E-state index contributed by atoms with van der Waals surface area (Å²) in [5, 5.41) is 8.98. The number of piperazine rings is 1. The lowest BCUT2D eigenvalue weighted by molar-refractivity contribution is -0.106. The van der Waals surface area contributed by atoms with Crippen LogP contribution in [0, 0.1) is 18.3 Å². The largest absolute Gasteiger partial charge is 0.372 e. The summed E-state index contributed by atoms with van der Waals surface area (Å²) in [4.78, 5) is 21.3. The smallest absolute Gasteiger partial charge is 0.204 e. The third-order valence-corrected chi connectivity index (χ3v) is 7.85. The molecule has 2 aliphatic rings. The van der Waals surface area contributed by atoms with Gasteiger partial charge in [0.2, 0.25) is 6.41 Å². The van der Waals surface area contributed by atoms with Crippen LogP contribution in [0.15, 0.2) is 36.5 Å². The summed E-state index contributed by atoms with van der Waals surface area (Å²) in [6.45, 7) is 14.5. The van der Waals surface area contributed by atoms with Crippen LogP contribution in [0.5, 0.6) is 0 Å². The molecule has 2 N–H and O–H groups in total. The zero-order valence-electron chi connectivity index (χ0n) is 22.9. The van der Waals surface area contributed by atoms with Gasteiger partial charge in [-0.1, -0.05) is 38.5 Å². The number of carbonyl (C=O) groups is 1. The molecule has 3 heterocycles. The Kier molecular flexibility index (Phi) is 11.4. The lowest BCUT2D eigenvalue weighted by atomic mass is 9.92. The van der Waals surface area contributed by atoms with Crippen molar-refractivity contribution < 1.29 is 4.79 Å². The molecule has 2 aliphatic heterocycles. The lowest BCUT2D eigenvalue weighted by Gasteiger charge is -2.43. The Labute approximate surface area is 223 Å². The van der Waals surface area contributed by atoms with Crippen molar-refractivity contribution >= 4 is 12.2 Å². The van der Waals surface area contributed by atoms with E-state index in [0.717, 1.165) is 51.4 Å². The minimum absolute atomic E-state index is 0.250. The third kappa shape index (κ3) is 8.02. The molecular formula is C30H44N6O. The van der Waals surface area contributed by atoms with Gasteiger partial charge in [0.05, 0.1) is 11.6 Å². The first-order valence-corrected chi connectivity index (χ1v) is 13.8. The van der Waals surface area contributed by atoms with Crippen molar-refractivity contribution in [3.63, 3.8) is 0 Å². The number of pyridine rings is 1. The van der Waals surface area contributed by atoms with E-state index < -0.39 is 0 Å². The highest BCUT2D eigenvalue weighted by atomic mass is 16.1. The van der Waals surface area contributed by atoms with Crippen molar-refractivity contribution in [2.24, 2.45) is 5.73 Å². The Morgan fingerprint density at radius 3 is 2.30 bits per heavy atom. The molecule has 1 amide bonds. The van der Waals surface area contributed by atoms with Gasteiger partial charge in [-0.2, -0.15) is 5.26 Å². The second-order valence-corrected chi connectivity index (χ2v) is 10.3. The van der Waals surface area contributed by atoms with Gasteiger partial charge in [-0.15, -0.1) is 0 Å². The molecule has 2 aromatic rings. The Morgan fingerprint density at radius 2 is 1.76 bits per heavy atom. The lowest BCUT2D eigenvalue weighted by Crippen LogP contribution is -2.53. The minimum Gasteiger partial charge on any atom is -0.372 e. The van der Waals surface area contributed by atoms with Crippen LogP contribution >= 0.6 is 0 Å². The molecule has 7 heteroatoms. The van der Waals surface area contributed by atoms with E-state index in [9.17, 15) is 0 Å². The average Bonchev–Trinajstić information content (AvgIpc) is 2.93. The molecule has 2 fully saturated rings. The van der Waals surface area contributed by atoms with E-state index in [1.54, 1.807) is 0 Å². The van der Waals surface area contributed by atoms with Gasteiger partial charge in [0.25, 0.3) is 0 Å². The van der Waals surface area contributed by atoms with E-state index in [2.05, 4.69) is 71.7 Å². The van der Waals surface area contributed by atoms with Crippen molar-refractivity contribution in [1.82, 2.24) is 14.8 Å². The highest BCUT2D eigenvalue weighted by Gasteiger charge is 2.28. The van der Waals surface area contributed by atoms with Crippen LogP contribution in [0.1, 0.15) is 74.1 Å². The summed E-state index contributed by atoms with van der Waals surface area (Å²) >= 11 is 0. The SMILES string of the molecule is CCCC(CC)c1cnc(N2CCN(C3CCN(Cc4ccc(C#N)cc4)CC3)CC2)c(C)c1.NC=O. The van der Waals surface area contributed by atoms with Crippen LogP contribution < -0.4 is 10.6 Å². The fourth-order valence-corrected chi connectivity index (χ4v) is 5.78. The van der Waals surface area contributed by atoms with Gasteiger partial charge < -0.3 is 10.6 Å². The second kappa shape index (κ2) is 14.7. The van der Waals surface area contributed by atoms with E-state index in [0.29, 0.717) is 12.0 Å². The first kappa shape index (κ1) is 28.6. The van der Waals surface area contributed by atoms with E-state index in [4.69, 9.17) is 15.0 Å². The molecule has 0 saturated carbocycles. The van der Waals surface area contributed by atoms with Crippen molar-refractivity contribution in [2.45, 2.75) is 71.4 Å². The van der Waals surface area contributed by atoms with Gasteiger partial charge in [0, 0.05) is 45.0 Å². The third-order valence-electron chi connectivity index (χ3n) is 7.85. The highest BCUT2D eigenvalue weighted by molar-refractivity contribution is 5.48. The Morgan fingerprint density at radius 1 is 1.11 bits per heavy atom. The number of carbonyl (C=O) groups excluding carboxylic acids is 1. The van der Waals surface area contributed by atoms with Crippen LogP contribution in [0.3, 0.4) is 0 Å². The maximum Gasteiger partial charge on any atom is 0.204 e. The van der Waals surface area contributed by atoms with Gasteiger partial charge in [0.1, 0.15) is 5.82 Å². The Hall–Kier alpha value is -2.95. The number of aromatic nitrogens is 1. The van der Waals surface area contributed by atoms with Crippen molar-refractivity contribution in [3.05, 3.63) is 58.8 Å². The molecule has 7 nitrogen and oxygen atoms in total. The van der Waals surface area contributed by atoms with Crippen LogP contribution in [-0.2, 0) is 11.3 Å². The summed E-state index contributed by atoms with van der Waals surface area (Å²) in [6, 6.07) is 13.3. The first-order chi connectivity index (χ1) is 18.0. The summed E-state index contributed by atoms with van der Waals surface area (Å²) < 4.78 is 0. The summed E-state index contributed by atoms with van der Waals surface area (Å²) in [6.07, 6.45) is 8.56. The van der Waals surface area contributed by atoms with E-state index >= 15 is 0 Å². The minimum atomic E-state index is 0.250. The summed E-state index contributed by atoms with van der Waals surface area (Å²) in [5.41, 5.74) is 8.96. The first-order valence-electron chi connectivity index (χ1n) is 13.8. The van der Waals surface area contributed by atoms with Crippen LogP contribution in [0.4, 0.5) is 5.82 Å². The fourth-order valence-electron chi connectivity index (χ4n) is 5.78. The Balaban J connectivity index is 0.00000121. The van der Waals surface area contributed by atoms with Gasteiger partial charge >= 0.3 is 0 Å². The number of primary amides is 1. The number of benzene rings is 1. The van der Waals surface area contributed by atoms with Crippen LogP contribution in [0.2, 0.25) is 0 Å². The molecule has 1 aromatic carbocycles. The Bertz CT molecular complexity index is 1000. The number of aryl methyl sites for hydroxylation is 1. The number of amides is 1. The van der Waals surface area contributed by atoms with Crippen molar-refractivity contribution in [3.8, 4) is 6.07 Å². The molecular weight excluding hydrogens is 460 g/mol.